The fraction of sp³-hybridized carbons (Fsp3) is 0.448. The minimum Gasteiger partial charge on any atom is -0.395 e. The Bertz CT molecular complexity index is 1730. The number of alkyl halides is 2. The summed E-state index contributed by atoms with van der Waals surface area (Å²) in [7, 11) is -3.69. The first-order valence-electron chi connectivity index (χ1n) is 14.1. The number of carbonyl (C=O) groups excluding carboxylic acids is 3. The van der Waals surface area contributed by atoms with E-state index in [4.69, 9.17) is 0 Å². The largest absolute Gasteiger partial charge is 0.586 e. The van der Waals surface area contributed by atoms with E-state index in [1.807, 2.05) is 13.8 Å². The number of hydrogen-bond acceptors (Lipinski definition) is 8. The molecule has 4 aliphatic heterocycles. The number of benzene rings is 2. The first-order chi connectivity index (χ1) is 20.5. The molecule has 2 aromatic carbocycles. The predicted molar refractivity (Wildman–Crippen MR) is 154 cm³/mol. The second-order valence-electron chi connectivity index (χ2n) is 12.0. The highest BCUT2D eigenvalue weighted by Gasteiger charge is 2.49. The molecule has 2 aromatic rings. The predicted octanol–water partition coefficient (Wildman–Crippen LogP) is 2.74. The van der Waals surface area contributed by atoms with Crippen molar-refractivity contribution >= 4 is 39.4 Å². The molecule has 234 valence electrons. The Morgan fingerprint density at radius 1 is 0.932 bits per heavy atom. The van der Waals surface area contributed by atoms with E-state index in [1.165, 1.54) is 27.4 Å². The maximum atomic E-state index is 13.4. The number of rotatable bonds is 6. The maximum absolute atomic E-state index is 13.4. The average Bonchev–Trinajstić information content (AvgIpc) is 3.48. The average molecular weight is 632 g/mol. The van der Waals surface area contributed by atoms with Crippen LogP contribution in [0.1, 0.15) is 48.9 Å². The van der Waals surface area contributed by atoms with Crippen LogP contribution >= 0.6 is 0 Å². The summed E-state index contributed by atoms with van der Waals surface area (Å²) in [6.45, 7) is 7.17. The van der Waals surface area contributed by atoms with Crippen LogP contribution in [-0.2, 0) is 26.0 Å². The third-order valence-corrected chi connectivity index (χ3v) is 10.6. The third-order valence-electron chi connectivity index (χ3n) is 8.69. The molecule has 15 heteroatoms. The summed E-state index contributed by atoms with van der Waals surface area (Å²) in [5.74, 6) is -1.03. The summed E-state index contributed by atoms with van der Waals surface area (Å²) < 4.78 is 63.8. The van der Waals surface area contributed by atoms with Crippen molar-refractivity contribution in [1.29, 1.82) is 0 Å². The molecule has 1 spiro atoms. The van der Waals surface area contributed by atoms with Crippen LogP contribution in [0, 0.1) is 13.8 Å². The van der Waals surface area contributed by atoms with Crippen molar-refractivity contribution < 1.29 is 41.1 Å². The van der Waals surface area contributed by atoms with Gasteiger partial charge in [0.15, 0.2) is 11.5 Å². The number of imide groups is 1. The zero-order chi connectivity index (χ0) is 31.8. The molecule has 0 aromatic heterocycles. The molecule has 2 fully saturated rings. The molecule has 6 rings (SSSR count). The number of nitrogens with zero attached hydrogens (tertiary/aromatic N) is 3. The van der Waals surface area contributed by atoms with Crippen LogP contribution < -0.4 is 25.0 Å². The van der Waals surface area contributed by atoms with Gasteiger partial charge < -0.3 is 14.8 Å². The van der Waals surface area contributed by atoms with Crippen LogP contribution in [0.15, 0.2) is 35.3 Å². The summed E-state index contributed by atoms with van der Waals surface area (Å²) in [5, 5.41) is 5.03. The summed E-state index contributed by atoms with van der Waals surface area (Å²) in [5.41, 5.74) is 1.12. The highest BCUT2D eigenvalue weighted by Crippen LogP contribution is 2.42. The van der Waals surface area contributed by atoms with E-state index in [0.717, 1.165) is 16.7 Å². The van der Waals surface area contributed by atoms with Crippen molar-refractivity contribution in [3.05, 3.63) is 52.6 Å². The normalized spacial score (nSPS) is 21.9. The lowest BCUT2D eigenvalue weighted by atomic mass is 9.89. The van der Waals surface area contributed by atoms with Crippen LogP contribution in [0.2, 0.25) is 0 Å². The van der Waals surface area contributed by atoms with Crippen molar-refractivity contribution in [3.8, 4) is 11.5 Å². The molecule has 0 unspecified atom stereocenters. The number of aryl methyl sites for hydroxylation is 2. The van der Waals surface area contributed by atoms with Crippen LogP contribution in [0.5, 0.6) is 11.5 Å². The molecule has 4 aliphatic rings. The van der Waals surface area contributed by atoms with E-state index in [2.05, 4.69) is 25.1 Å². The number of urea groups is 1. The second kappa shape index (κ2) is 9.95. The number of carbonyl (C=O) groups is 3. The van der Waals surface area contributed by atoms with E-state index < -0.39 is 39.3 Å². The van der Waals surface area contributed by atoms with Crippen LogP contribution in [0.4, 0.5) is 19.3 Å². The van der Waals surface area contributed by atoms with Crippen molar-refractivity contribution in [2.75, 3.05) is 23.7 Å². The molecule has 0 radical (unpaired) electrons. The molecule has 2 saturated heterocycles. The van der Waals surface area contributed by atoms with Gasteiger partial charge in [0, 0.05) is 24.3 Å². The summed E-state index contributed by atoms with van der Waals surface area (Å²) >= 11 is 0. The van der Waals surface area contributed by atoms with Crippen LogP contribution in [-0.4, -0.2) is 72.6 Å². The number of anilines is 1. The molecule has 0 aliphatic carbocycles. The zero-order valence-corrected chi connectivity index (χ0v) is 25.3. The molecule has 4 heterocycles. The van der Waals surface area contributed by atoms with Crippen molar-refractivity contribution in [2.24, 2.45) is 4.99 Å². The van der Waals surface area contributed by atoms with Crippen molar-refractivity contribution in [3.63, 3.8) is 0 Å². The Morgan fingerprint density at radius 2 is 1.57 bits per heavy atom. The molecule has 4 amide bonds. The minimum absolute atomic E-state index is 0.0873. The number of aliphatic imine (C=N–C) groups is 1. The molecule has 0 atom stereocenters. The summed E-state index contributed by atoms with van der Waals surface area (Å²) in [6, 6.07) is 7.15. The number of nitrogens with one attached hydrogen (secondary N) is 2. The van der Waals surface area contributed by atoms with E-state index in [9.17, 15) is 31.6 Å². The second-order valence-corrected chi connectivity index (χ2v) is 14.0. The van der Waals surface area contributed by atoms with E-state index >= 15 is 0 Å². The standard InChI is InChI=1S/C29H31F2N5O7S/c1-16-13-19(36-26(39)33-24(37)27(36,3)4)14-17(2)20(16)7-12-44(40,41)35-10-8-28(9-11-35)25(38)32-23(34-28)18-5-6-21-22(15-18)43-29(30,31)42-21/h5-6,13-15H,7-12H2,1-4H3,(H,32,34,38)(H,33,37,39). The van der Waals surface area contributed by atoms with Gasteiger partial charge in [-0.3, -0.25) is 24.8 Å². The molecular formula is C29H31F2N5O7S. The van der Waals surface area contributed by atoms with Gasteiger partial charge in [-0.25, -0.2) is 17.5 Å². The first-order valence-corrected chi connectivity index (χ1v) is 15.7. The fourth-order valence-corrected chi connectivity index (χ4v) is 7.64. The van der Waals surface area contributed by atoms with Crippen LogP contribution in [0.3, 0.4) is 0 Å². The molecule has 44 heavy (non-hydrogen) atoms. The Labute approximate surface area is 252 Å². The van der Waals surface area contributed by atoms with E-state index in [-0.39, 0.29) is 61.3 Å². The summed E-state index contributed by atoms with van der Waals surface area (Å²) in [6.07, 6.45) is -3.22. The zero-order valence-electron chi connectivity index (χ0n) is 24.5. The number of fused-ring (bicyclic) bond motifs is 1. The smallest absolute Gasteiger partial charge is 0.395 e. The van der Waals surface area contributed by atoms with Crippen molar-refractivity contribution in [2.45, 2.75) is 64.3 Å². The van der Waals surface area contributed by atoms with Gasteiger partial charge in [0.25, 0.3) is 11.8 Å². The minimum atomic E-state index is -3.77. The lowest BCUT2D eigenvalue weighted by Gasteiger charge is -2.34. The van der Waals surface area contributed by atoms with Gasteiger partial charge in [0.1, 0.15) is 16.9 Å². The monoisotopic (exact) mass is 631 g/mol. The number of amides is 4. The number of halogens is 2. The van der Waals surface area contributed by atoms with Gasteiger partial charge in [-0.15, -0.1) is 8.78 Å². The molecular weight excluding hydrogens is 600 g/mol. The lowest BCUT2D eigenvalue weighted by molar-refractivity contribution is -0.286. The topological polar surface area (TPSA) is 147 Å². The Kier molecular flexibility index (Phi) is 6.77. The van der Waals surface area contributed by atoms with Gasteiger partial charge in [-0.1, -0.05) is 0 Å². The van der Waals surface area contributed by atoms with Gasteiger partial charge in [0.05, 0.1) is 5.75 Å². The van der Waals surface area contributed by atoms with Gasteiger partial charge >= 0.3 is 12.3 Å². The third kappa shape index (κ3) is 4.97. The number of piperidine rings is 1. The quantitative estimate of drug-likeness (QED) is 0.466. The Balaban J connectivity index is 1.12. The van der Waals surface area contributed by atoms with Gasteiger partial charge in [-0.05, 0) is 94.0 Å². The molecule has 2 N–H and O–H groups in total. The fourth-order valence-electron chi connectivity index (χ4n) is 6.18. The van der Waals surface area contributed by atoms with Crippen LogP contribution in [0.25, 0.3) is 0 Å². The Hall–Kier alpha value is -4.11. The number of sulfonamides is 1. The highest BCUT2D eigenvalue weighted by molar-refractivity contribution is 7.89. The summed E-state index contributed by atoms with van der Waals surface area (Å²) in [4.78, 5) is 43.7. The molecule has 0 bridgehead atoms. The van der Waals surface area contributed by atoms with E-state index in [1.54, 1.807) is 26.0 Å². The molecule has 0 saturated carbocycles. The van der Waals surface area contributed by atoms with E-state index in [0.29, 0.717) is 11.3 Å². The molecule has 12 nitrogen and oxygen atoms in total. The Morgan fingerprint density at radius 3 is 2.18 bits per heavy atom. The van der Waals surface area contributed by atoms with Gasteiger partial charge in [-0.2, -0.15) is 0 Å². The lowest BCUT2D eigenvalue weighted by Crippen LogP contribution is -2.50. The maximum Gasteiger partial charge on any atom is 0.586 e. The number of ether oxygens (including phenoxy) is 2. The van der Waals surface area contributed by atoms with Gasteiger partial charge in [0.2, 0.25) is 10.0 Å². The number of amidine groups is 1. The SMILES string of the molecule is Cc1cc(N2C(=O)NC(=O)C2(C)C)cc(C)c1CCS(=O)(=O)N1CCC2(CC1)N=C(c1ccc3c(c1)OC(F)(F)O3)NC2=O. The highest BCUT2D eigenvalue weighted by atomic mass is 32.2. The number of hydrogen-bond donors (Lipinski definition) is 2. The van der Waals surface area contributed by atoms with Crippen molar-refractivity contribution in [1.82, 2.24) is 14.9 Å². The first kappa shape index (κ1) is 29.9.